The molecule has 1 unspecified atom stereocenters. The molecule has 0 saturated carbocycles. The summed E-state index contributed by atoms with van der Waals surface area (Å²) in [7, 11) is 0.294. The number of hydrogen-bond donors (Lipinski definition) is 1. The molecule has 1 aliphatic rings. The molecular formula is C22H28BrN3O3S. The first-order valence-electron chi connectivity index (χ1n) is 10.0. The molecule has 1 aliphatic heterocycles. The van der Waals surface area contributed by atoms with E-state index >= 15 is 0 Å². The van der Waals surface area contributed by atoms with Crippen LogP contribution < -0.4 is 5.32 Å². The number of amides is 1. The molecule has 1 N–H and O–H groups in total. The molecule has 30 heavy (non-hydrogen) atoms. The zero-order valence-corrected chi connectivity index (χ0v) is 19.7. The Bertz CT molecular complexity index is 977. The number of benzene rings is 2. The largest absolute Gasteiger partial charge is 0.351 e. The van der Waals surface area contributed by atoms with Gasteiger partial charge >= 0.3 is 0 Å². The molecular weight excluding hydrogens is 466 g/mol. The lowest BCUT2D eigenvalue weighted by Crippen LogP contribution is -2.51. The van der Waals surface area contributed by atoms with E-state index in [-0.39, 0.29) is 10.8 Å². The first kappa shape index (κ1) is 22.9. The van der Waals surface area contributed by atoms with Crippen LogP contribution in [0.5, 0.6) is 0 Å². The third-order valence-corrected chi connectivity index (χ3v) is 7.58. The van der Waals surface area contributed by atoms with Gasteiger partial charge in [-0.05, 0) is 62.3 Å². The maximum absolute atomic E-state index is 13.2. The van der Waals surface area contributed by atoms with Gasteiger partial charge in [0.15, 0.2) is 0 Å². The molecule has 0 spiro atoms. The van der Waals surface area contributed by atoms with Crippen LogP contribution in [0.2, 0.25) is 0 Å². The van der Waals surface area contributed by atoms with Crippen LogP contribution in [-0.2, 0) is 27.9 Å². The molecule has 1 saturated heterocycles. The van der Waals surface area contributed by atoms with Crippen molar-refractivity contribution in [3.05, 3.63) is 64.1 Å². The van der Waals surface area contributed by atoms with Crippen molar-refractivity contribution in [2.75, 3.05) is 20.6 Å². The van der Waals surface area contributed by atoms with Crippen LogP contribution in [0.15, 0.2) is 57.9 Å². The number of carbonyl (C=O) groups excluding carboxylic acids is 1. The van der Waals surface area contributed by atoms with Gasteiger partial charge in [0, 0.05) is 24.1 Å². The lowest BCUT2D eigenvalue weighted by molar-refractivity contribution is -0.125. The molecule has 0 radical (unpaired) electrons. The second kappa shape index (κ2) is 10.0. The molecule has 1 atom stereocenters. The minimum atomic E-state index is -3.73. The Hall–Kier alpha value is -1.74. The normalized spacial score (nSPS) is 17.8. The van der Waals surface area contributed by atoms with Gasteiger partial charge in [0.2, 0.25) is 15.9 Å². The standard InChI is InChI=1S/C22H28BrN3O3S/c1-25(2)16-18-7-5-6-17(14-18)15-24-22(27)21-8-3-4-13-26(21)30(28,29)20-11-9-19(23)10-12-20/h5-7,9-12,14,21H,3-4,8,13,15-16H2,1-2H3,(H,24,27). The summed E-state index contributed by atoms with van der Waals surface area (Å²) in [5.74, 6) is -0.242. The monoisotopic (exact) mass is 493 g/mol. The van der Waals surface area contributed by atoms with Crippen LogP contribution in [0.3, 0.4) is 0 Å². The van der Waals surface area contributed by atoms with Crippen LogP contribution in [-0.4, -0.2) is 50.2 Å². The van der Waals surface area contributed by atoms with E-state index in [4.69, 9.17) is 0 Å². The SMILES string of the molecule is CN(C)Cc1cccc(CNC(=O)C2CCCCN2S(=O)(=O)c2ccc(Br)cc2)c1. The van der Waals surface area contributed by atoms with Crippen molar-refractivity contribution >= 4 is 31.9 Å². The van der Waals surface area contributed by atoms with Gasteiger partial charge in [-0.25, -0.2) is 8.42 Å². The number of halogens is 1. The van der Waals surface area contributed by atoms with E-state index in [1.54, 1.807) is 24.3 Å². The molecule has 3 rings (SSSR count). The number of nitrogens with zero attached hydrogens (tertiary/aromatic N) is 2. The first-order valence-corrected chi connectivity index (χ1v) is 12.3. The van der Waals surface area contributed by atoms with Gasteiger partial charge in [-0.15, -0.1) is 0 Å². The predicted octanol–water partition coefficient (Wildman–Crippen LogP) is 3.37. The van der Waals surface area contributed by atoms with Gasteiger partial charge in [-0.1, -0.05) is 46.6 Å². The first-order chi connectivity index (χ1) is 14.3. The van der Waals surface area contributed by atoms with Crippen LogP contribution in [0, 0.1) is 0 Å². The van der Waals surface area contributed by atoms with E-state index in [2.05, 4.69) is 38.3 Å². The van der Waals surface area contributed by atoms with Crippen molar-refractivity contribution in [2.24, 2.45) is 0 Å². The summed E-state index contributed by atoms with van der Waals surface area (Å²) < 4.78 is 28.5. The van der Waals surface area contributed by atoms with Crippen LogP contribution in [0.4, 0.5) is 0 Å². The summed E-state index contributed by atoms with van der Waals surface area (Å²) in [5, 5.41) is 2.95. The summed E-state index contributed by atoms with van der Waals surface area (Å²) in [6.45, 7) is 1.56. The minimum absolute atomic E-state index is 0.210. The van der Waals surface area contributed by atoms with Crippen molar-refractivity contribution < 1.29 is 13.2 Å². The predicted molar refractivity (Wildman–Crippen MR) is 121 cm³/mol. The third-order valence-electron chi connectivity index (χ3n) is 5.13. The van der Waals surface area contributed by atoms with E-state index in [1.807, 2.05) is 26.2 Å². The Morgan fingerprint density at radius 2 is 1.83 bits per heavy atom. The lowest BCUT2D eigenvalue weighted by Gasteiger charge is -2.33. The van der Waals surface area contributed by atoms with Crippen molar-refractivity contribution in [3.63, 3.8) is 0 Å². The number of sulfonamides is 1. The third kappa shape index (κ3) is 5.69. The summed E-state index contributed by atoms with van der Waals surface area (Å²) in [5.41, 5.74) is 2.17. The highest BCUT2D eigenvalue weighted by atomic mass is 79.9. The fraction of sp³-hybridized carbons (Fsp3) is 0.409. The van der Waals surface area contributed by atoms with Gasteiger partial charge in [-0.3, -0.25) is 4.79 Å². The van der Waals surface area contributed by atoms with Gasteiger partial charge in [0.05, 0.1) is 4.90 Å². The molecule has 8 heteroatoms. The zero-order chi connectivity index (χ0) is 21.7. The summed E-state index contributed by atoms with van der Waals surface area (Å²) >= 11 is 3.33. The summed E-state index contributed by atoms with van der Waals surface area (Å²) in [6.07, 6.45) is 2.12. The second-order valence-electron chi connectivity index (χ2n) is 7.86. The fourth-order valence-electron chi connectivity index (χ4n) is 3.71. The second-order valence-corrected chi connectivity index (χ2v) is 10.7. The highest BCUT2D eigenvalue weighted by molar-refractivity contribution is 9.10. The van der Waals surface area contributed by atoms with Crippen LogP contribution in [0.1, 0.15) is 30.4 Å². The molecule has 6 nitrogen and oxygen atoms in total. The molecule has 1 heterocycles. The van der Waals surface area contributed by atoms with Gasteiger partial charge in [-0.2, -0.15) is 4.31 Å². The molecule has 1 fully saturated rings. The van der Waals surface area contributed by atoms with E-state index in [1.165, 1.54) is 9.87 Å². The van der Waals surface area contributed by atoms with Crippen LogP contribution in [0.25, 0.3) is 0 Å². The van der Waals surface area contributed by atoms with Gasteiger partial charge in [0.1, 0.15) is 6.04 Å². The number of rotatable bonds is 7. The van der Waals surface area contributed by atoms with Gasteiger partial charge in [0.25, 0.3) is 0 Å². The Labute approximate surface area is 187 Å². The molecule has 0 aromatic heterocycles. The van der Waals surface area contributed by atoms with E-state index in [0.29, 0.717) is 19.5 Å². The van der Waals surface area contributed by atoms with Crippen molar-refractivity contribution in [3.8, 4) is 0 Å². The Morgan fingerprint density at radius 3 is 2.53 bits per heavy atom. The minimum Gasteiger partial charge on any atom is -0.351 e. The van der Waals surface area contributed by atoms with Crippen LogP contribution >= 0.6 is 15.9 Å². The maximum atomic E-state index is 13.2. The zero-order valence-electron chi connectivity index (χ0n) is 17.3. The van der Waals surface area contributed by atoms with Gasteiger partial charge < -0.3 is 10.2 Å². The smallest absolute Gasteiger partial charge is 0.243 e. The Kier molecular flexibility index (Phi) is 7.68. The molecule has 0 aliphatic carbocycles. The average Bonchev–Trinajstić information content (AvgIpc) is 2.72. The maximum Gasteiger partial charge on any atom is 0.243 e. The molecule has 2 aromatic carbocycles. The Morgan fingerprint density at radius 1 is 1.13 bits per heavy atom. The van der Waals surface area contributed by atoms with E-state index in [9.17, 15) is 13.2 Å². The fourth-order valence-corrected chi connectivity index (χ4v) is 5.63. The lowest BCUT2D eigenvalue weighted by atomic mass is 10.0. The van der Waals surface area contributed by atoms with E-state index in [0.717, 1.165) is 29.4 Å². The molecule has 2 aromatic rings. The molecule has 0 bridgehead atoms. The topological polar surface area (TPSA) is 69.7 Å². The van der Waals surface area contributed by atoms with E-state index < -0.39 is 16.1 Å². The number of nitrogens with one attached hydrogen (secondary N) is 1. The highest BCUT2D eigenvalue weighted by Gasteiger charge is 2.37. The molecule has 1 amide bonds. The van der Waals surface area contributed by atoms with Crippen molar-refractivity contribution in [1.82, 2.24) is 14.5 Å². The Balaban J connectivity index is 1.71. The number of piperidine rings is 1. The van der Waals surface area contributed by atoms with Crippen molar-refractivity contribution in [1.29, 1.82) is 0 Å². The quantitative estimate of drug-likeness (QED) is 0.641. The number of carbonyl (C=O) groups is 1. The average molecular weight is 494 g/mol. The summed E-state index contributed by atoms with van der Waals surface area (Å²) in [4.78, 5) is 15.2. The van der Waals surface area contributed by atoms with Crippen molar-refractivity contribution in [2.45, 2.75) is 43.3 Å². The highest BCUT2D eigenvalue weighted by Crippen LogP contribution is 2.26. The summed E-state index contributed by atoms with van der Waals surface area (Å²) in [6, 6.07) is 13.9. The molecule has 162 valence electrons. The number of hydrogen-bond acceptors (Lipinski definition) is 4.